The zero-order chi connectivity index (χ0) is 4.69. The summed E-state index contributed by atoms with van der Waals surface area (Å²) in [5, 5.41) is 0. The standard InChI is InChI=1S/C7H8.3HI.Ir/c1-2-7-4-3-6(1)5-7;;;;/h1-2H,3-5H2;3*1H;/q;;;;+3/p-3. The van der Waals surface area contributed by atoms with Gasteiger partial charge in [-0.15, -0.1) is 0 Å². The second-order valence-electron chi connectivity index (χ2n) is 2.33. The van der Waals surface area contributed by atoms with E-state index in [1.807, 2.05) is 0 Å². The first-order chi connectivity index (χ1) is 3.45. The first-order valence-electron chi connectivity index (χ1n) is 2.82. The summed E-state index contributed by atoms with van der Waals surface area (Å²) in [6.07, 6.45) is 8.54. The van der Waals surface area contributed by atoms with E-state index in [0.29, 0.717) is 0 Å². The Morgan fingerprint density at radius 3 is 1.27 bits per heavy atom. The maximum atomic E-state index is 2.26. The van der Waals surface area contributed by atoms with Crippen LogP contribution in [0, 0.1) is 0 Å². The molecule has 4 heteroatoms. The number of hydrogen-bond donors (Lipinski definition) is 0. The molecule has 0 aliphatic heterocycles. The molecule has 0 aromatic heterocycles. The normalized spacial score (nSPS) is 16.0. The van der Waals surface area contributed by atoms with E-state index in [2.05, 4.69) is 12.2 Å². The van der Waals surface area contributed by atoms with E-state index in [0.717, 1.165) is 0 Å². The van der Waals surface area contributed by atoms with E-state index in [9.17, 15) is 0 Å². The average molecular weight is 665 g/mol. The average Bonchev–Trinajstić information content (AvgIpc) is 2.22. The fourth-order valence-corrected chi connectivity index (χ4v) is 1.31. The third-order valence-electron chi connectivity index (χ3n) is 1.78. The minimum atomic E-state index is 0. The minimum absolute atomic E-state index is 0. The zero-order valence-corrected chi connectivity index (χ0v) is 14.6. The van der Waals surface area contributed by atoms with Crippen molar-refractivity contribution in [1.29, 1.82) is 0 Å². The van der Waals surface area contributed by atoms with Crippen LogP contribution in [0.1, 0.15) is 19.3 Å². The summed E-state index contributed by atoms with van der Waals surface area (Å²) in [6.45, 7) is 0. The van der Waals surface area contributed by atoms with E-state index in [1.54, 1.807) is 11.1 Å². The molecule has 11 heavy (non-hydrogen) atoms. The Labute approximate surface area is 132 Å². The quantitative estimate of drug-likeness (QED) is 0.226. The van der Waals surface area contributed by atoms with Crippen molar-refractivity contribution < 1.29 is 92.0 Å². The van der Waals surface area contributed by atoms with Crippen LogP contribution in [-0.2, 0) is 20.1 Å². The zero-order valence-electron chi connectivity index (χ0n) is 5.74. The Bertz CT molecular complexity index is 145. The van der Waals surface area contributed by atoms with E-state index >= 15 is 0 Å². The molecule has 0 amide bonds. The Morgan fingerprint density at radius 1 is 0.818 bits per heavy atom. The summed E-state index contributed by atoms with van der Waals surface area (Å²) in [4.78, 5) is 0. The molecule has 2 rings (SSSR count). The summed E-state index contributed by atoms with van der Waals surface area (Å²) in [6, 6.07) is 0. The molecule has 0 unspecified atom stereocenters. The fraction of sp³-hybridized carbons (Fsp3) is 0.429. The predicted octanol–water partition coefficient (Wildman–Crippen LogP) is -6.95. The molecule has 0 radical (unpaired) electrons. The molecule has 0 heterocycles. The molecule has 0 aromatic rings. The second kappa shape index (κ2) is 8.90. The van der Waals surface area contributed by atoms with Crippen LogP contribution in [0.2, 0.25) is 0 Å². The third kappa shape index (κ3) is 4.93. The van der Waals surface area contributed by atoms with Crippen LogP contribution >= 0.6 is 0 Å². The molecule has 0 nitrogen and oxygen atoms in total. The first-order valence-corrected chi connectivity index (χ1v) is 2.82. The van der Waals surface area contributed by atoms with Gasteiger partial charge < -0.3 is 71.9 Å². The summed E-state index contributed by atoms with van der Waals surface area (Å²) in [5.41, 5.74) is 3.30. The van der Waals surface area contributed by atoms with Crippen molar-refractivity contribution in [2.75, 3.05) is 0 Å². The molecule has 1 fully saturated rings. The van der Waals surface area contributed by atoms with Gasteiger partial charge >= 0.3 is 20.1 Å². The van der Waals surface area contributed by atoms with Gasteiger partial charge in [0.1, 0.15) is 0 Å². The van der Waals surface area contributed by atoms with Crippen LogP contribution in [0.5, 0.6) is 0 Å². The van der Waals surface area contributed by atoms with E-state index < -0.39 is 0 Å². The number of halogens is 3. The largest absolute Gasteiger partial charge is 3.00 e. The molecule has 0 spiro atoms. The molecule has 1 saturated carbocycles. The molecule has 0 N–H and O–H groups in total. The van der Waals surface area contributed by atoms with E-state index in [-0.39, 0.29) is 92.0 Å². The van der Waals surface area contributed by atoms with Gasteiger partial charge in [-0.1, -0.05) is 23.3 Å². The number of rotatable bonds is 0. The van der Waals surface area contributed by atoms with Crippen LogP contribution in [0.4, 0.5) is 0 Å². The van der Waals surface area contributed by atoms with Crippen LogP contribution in [0.3, 0.4) is 0 Å². The van der Waals surface area contributed by atoms with E-state index in [4.69, 9.17) is 0 Å². The van der Waals surface area contributed by atoms with Gasteiger partial charge in [-0.05, 0) is 19.3 Å². The van der Waals surface area contributed by atoms with Crippen LogP contribution in [-0.4, -0.2) is 0 Å². The summed E-state index contributed by atoms with van der Waals surface area (Å²) < 4.78 is 0. The van der Waals surface area contributed by atoms with Crippen molar-refractivity contribution in [2.24, 2.45) is 0 Å². The maximum Gasteiger partial charge on any atom is 3.00 e. The molecular formula is C7H8I3Ir. The number of fused-ring (bicyclic) bond motifs is 2. The van der Waals surface area contributed by atoms with Gasteiger partial charge in [0.2, 0.25) is 0 Å². The SMILES string of the molecule is C1=C2CCC(=C1)C2.[I-].[I-].[I-].[Ir+3]. The third-order valence-corrected chi connectivity index (χ3v) is 1.78. The van der Waals surface area contributed by atoms with Crippen molar-refractivity contribution in [3.8, 4) is 0 Å². The Hall–Kier alpha value is 2.32. The van der Waals surface area contributed by atoms with Gasteiger partial charge in [0, 0.05) is 0 Å². The first kappa shape index (κ1) is 19.0. The maximum absolute atomic E-state index is 2.26. The summed E-state index contributed by atoms with van der Waals surface area (Å²) in [7, 11) is 0. The van der Waals surface area contributed by atoms with Gasteiger partial charge in [-0.3, -0.25) is 0 Å². The molecule has 2 aliphatic carbocycles. The fourth-order valence-electron chi connectivity index (χ4n) is 1.31. The van der Waals surface area contributed by atoms with Crippen molar-refractivity contribution in [3.63, 3.8) is 0 Å². The molecule has 2 bridgehead atoms. The number of allylic oxidation sites excluding steroid dienone is 4. The van der Waals surface area contributed by atoms with Crippen molar-refractivity contribution >= 4 is 0 Å². The second-order valence-corrected chi connectivity index (χ2v) is 2.33. The van der Waals surface area contributed by atoms with Crippen molar-refractivity contribution in [2.45, 2.75) is 19.3 Å². The summed E-state index contributed by atoms with van der Waals surface area (Å²) in [5.74, 6) is 0. The topological polar surface area (TPSA) is 0 Å². The van der Waals surface area contributed by atoms with Crippen LogP contribution in [0.25, 0.3) is 0 Å². The molecule has 0 aromatic carbocycles. The van der Waals surface area contributed by atoms with E-state index in [1.165, 1.54) is 19.3 Å². The van der Waals surface area contributed by atoms with Crippen molar-refractivity contribution in [3.05, 3.63) is 23.3 Å². The van der Waals surface area contributed by atoms with Gasteiger partial charge in [0.05, 0.1) is 0 Å². The Balaban J connectivity index is -0.000000160. The smallest absolute Gasteiger partial charge is 1.00 e. The Kier molecular flexibility index (Phi) is 15.4. The van der Waals surface area contributed by atoms with Gasteiger partial charge in [-0.2, -0.15) is 0 Å². The van der Waals surface area contributed by atoms with Crippen LogP contribution < -0.4 is 71.9 Å². The van der Waals surface area contributed by atoms with Gasteiger partial charge in [0.15, 0.2) is 0 Å². The molecule has 2 aliphatic rings. The molecular weight excluding hydrogens is 657 g/mol. The monoisotopic (exact) mass is 666 g/mol. The number of hydrogen-bond acceptors (Lipinski definition) is 0. The van der Waals surface area contributed by atoms with Gasteiger partial charge in [0.25, 0.3) is 0 Å². The molecule has 0 saturated heterocycles. The Morgan fingerprint density at radius 2 is 1.18 bits per heavy atom. The molecule has 66 valence electrons. The summed E-state index contributed by atoms with van der Waals surface area (Å²) >= 11 is 0. The van der Waals surface area contributed by atoms with Gasteiger partial charge in [-0.25, -0.2) is 0 Å². The van der Waals surface area contributed by atoms with Crippen LogP contribution in [0.15, 0.2) is 23.3 Å². The predicted molar refractivity (Wildman–Crippen MR) is 30.0 cm³/mol. The molecule has 0 atom stereocenters. The minimum Gasteiger partial charge on any atom is -1.00 e. The van der Waals surface area contributed by atoms with Crippen molar-refractivity contribution in [1.82, 2.24) is 0 Å².